The number of rotatable bonds is 5. The Morgan fingerprint density at radius 3 is 2.25 bits per heavy atom. The van der Waals surface area contributed by atoms with E-state index < -0.39 is 0 Å². The van der Waals surface area contributed by atoms with Gasteiger partial charge in [0.2, 0.25) is 0 Å². The monoisotopic (exact) mass is 322 g/mol. The second-order valence-electron chi connectivity index (χ2n) is 7.13. The van der Waals surface area contributed by atoms with Crippen molar-refractivity contribution < 1.29 is 5.11 Å². The largest absolute Gasteiger partial charge is 0.506 e. The van der Waals surface area contributed by atoms with Crippen LogP contribution in [0.4, 0.5) is 5.69 Å². The van der Waals surface area contributed by atoms with Crippen LogP contribution in [0.25, 0.3) is 0 Å². The van der Waals surface area contributed by atoms with Gasteiger partial charge < -0.3 is 10.0 Å². The number of fused-ring (bicyclic) bond motifs is 2. The lowest BCUT2D eigenvalue weighted by Gasteiger charge is -2.42. The van der Waals surface area contributed by atoms with Gasteiger partial charge in [-0.05, 0) is 49.9 Å². The van der Waals surface area contributed by atoms with E-state index in [1.165, 1.54) is 31.4 Å². The van der Waals surface area contributed by atoms with E-state index in [4.69, 9.17) is 0 Å². The summed E-state index contributed by atoms with van der Waals surface area (Å²) in [6.07, 6.45) is 4.87. The summed E-state index contributed by atoms with van der Waals surface area (Å²) in [6.45, 7) is 3.43. The molecule has 2 heterocycles. The Morgan fingerprint density at radius 1 is 0.875 bits per heavy atom. The van der Waals surface area contributed by atoms with Crippen LogP contribution in [0.2, 0.25) is 0 Å². The molecule has 2 saturated heterocycles. The minimum absolute atomic E-state index is 0.423. The van der Waals surface area contributed by atoms with E-state index in [9.17, 15) is 5.11 Å². The zero-order chi connectivity index (χ0) is 16.4. The molecule has 0 radical (unpaired) electrons. The van der Waals surface area contributed by atoms with Crippen molar-refractivity contribution in [2.45, 2.75) is 37.8 Å². The first-order valence-electron chi connectivity index (χ1n) is 9.14. The Balaban J connectivity index is 1.35. The smallest absolute Gasteiger partial charge is 0.138 e. The maximum atomic E-state index is 10.2. The van der Waals surface area contributed by atoms with E-state index in [0.29, 0.717) is 17.8 Å². The molecule has 1 N–H and O–H groups in total. The highest BCUT2D eigenvalue weighted by atomic mass is 16.3. The number of benzene rings is 2. The normalized spacial score (nSPS) is 23.6. The van der Waals surface area contributed by atoms with E-state index in [0.717, 1.165) is 25.2 Å². The maximum absolute atomic E-state index is 10.2. The lowest BCUT2D eigenvalue weighted by molar-refractivity contribution is 0.217. The molecule has 2 aliphatic rings. The average Bonchev–Trinajstić information content (AvgIpc) is 2.86. The fraction of sp³-hybridized carbons (Fsp3) is 0.429. The summed E-state index contributed by atoms with van der Waals surface area (Å²) in [5.41, 5.74) is 2.46. The van der Waals surface area contributed by atoms with Gasteiger partial charge in [-0.3, -0.25) is 4.90 Å². The number of anilines is 1. The minimum atomic E-state index is 0.423. The van der Waals surface area contributed by atoms with Crippen LogP contribution in [0.15, 0.2) is 54.6 Å². The molecule has 3 heteroatoms. The molecular weight excluding hydrogens is 296 g/mol. The lowest BCUT2D eigenvalue weighted by atomic mass is 10.1. The van der Waals surface area contributed by atoms with Crippen LogP contribution < -0.4 is 4.90 Å². The van der Waals surface area contributed by atoms with E-state index in [1.807, 2.05) is 12.1 Å². The Bertz CT molecular complexity index is 659. The first kappa shape index (κ1) is 15.5. The van der Waals surface area contributed by atoms with Gasteiger partial charge in [-0.15, -0.1) is 0 Å². The van der Waals surface area contributed by atoms with E-state index in [1.54, 1.807) is 6.07 Å². The van der Waals surface area contributed by atoms with Gasteiger partial charge in [0.15, 0.2) is 0 Å². The zero-order valence-corrected chi connectivity index (χ0v) is 14.1. The molecule has 24 heavy (non-hydrogen) atoms. The van der Waals surface area contributed by atoms with Crippen LogP contribution in [0.1, 0.15) is 24.8 Å². The van der Waals surface area contributed by atoms with E-state index in [-0.39, 0.29) is 0 Å². The van der Waals surface area contributed by atoms with Crippen LogP contribution in [-0.2, 0) is 6.42 Å². The predicted molar refractivity (Wildman–Crippen MR) is 98.6 cm³/mol. The lowest BCUT2D eigenvalue weighted by Crippen LogP contribution is -2.54. The molecule has 2 bridgehead atoms. The van der Waals surface area contributed by atoms with Crippen LogP contribution in [-0.4, -0.2) is 41.7 Å². The molecule has 2 fully saturated rings. The predicted octanol–water partition coefficient (Wildman–Crippen LogP) is 3.68. The highest BCUT2D eigenvalue weighted by Crippen LogP contribution is 2.38. The number of aromatic hydroxyl groups is 1. The number of nitrogens with zero attached hydrogens (tertiary/aromatic N) is 2. The van der Waals surface area contributed by atoms with E-state index in [2.05, 4.69) is 46.2 Å². The van der Waals surface area contributed by atoms with Gasteiger partial charge in [0, 0.05) is 25.2 Å². The maximum Gasteiger partial charge on any atom is 0.138 e. The molecule has 4 rings (SSSR count). The summed E-state index contributed by atoms with van der Waals surface area (Å²) in [6, 6.07) is 19.7. The first-order valence-corrected chi connectivity index (χ1v) is 9.14. The third-order valence-corrected chi connectivity index (χ3v) is 5.50. The van der Waals surface area contributed by atoms with Crippen molar-refractivity contribution in [3.63, 3.8) is 0 Å². The molecule has 0 saturated carbocycles. The Kier molecular flexibility index (Phi) is 4.44. The summed E-state index contributed by atoms with van der Waals surface area (Å²) >= 11 is 0. The second-order valence-corrected chi connectivity index (χ2v) is 7.13. The van der Waals surface area contributed by atoms with Crippen molar-refractivity contribution >= 4 is 5.69 Å². The Morgan fingerprint density at radius 2 is 1.54 bits per heavy atom. The quantitative estimate of drug-likeness (QED) is 0.910. The highest BCUT2D eigenvalue weighted by Gasteiger charge is 2.40. The van der Waals surface area contributed by atoms with Crippen LogP contribution in [0, 0.1) is 0 Å². The fourth-order valence-electron chi connectivity index (χ4n) is 4.40. The topological polar surface area (TPSA) is 26.7 Å². The molecule has 2 aliphatic heterocycles. The number of aryl methyl sites for hydroxylation is 1. The molecule has 0 spiro atoms. The molecule has 0 aromatic heterocycles. The van der Waals surface area contributed by atoms with Gasteiger partial charge in [-0.25, -0.2) is 0 Å². The highest BCUT2D eigenvalue weighted by molar-refractivity contribution is 5.60. The van der Waals surface area contributed by atoms with Gasteiger partial charge in [0.25, 0.3) is 0 Å². The van der Waals surface area contributed by atoms with Gasteiger partial charge in [-0.2, -0.15) is 0 Å². The summed E-state index contributed by atoms with van der Waals surface area (Å²) < 4.78 is 0. The van der Waals surface area contributed by atoms with Crippen molar-refractivity contribution in [1.29, 1.82) is 0 Å². The average molecular weight is 322 g/mol. The first-order chi connectivity index (χ1) is 11.8. The number of phenolic OH excluding ortho intramolecular Hbond substituents is 1. The standard InChI is InChI=1S/C21H26N2O/c24-21-11-5-4-10-20(21)23-18-12-13-19(23)16-22(15-18)14-6-9-17-7-2-1-3-8-17/h1-5,7-8,10-11,18-19,24H,6,9,12-16H2. The van der Waals surface area contributed by atoms with Gasteiger partial charge in [0.1, 0.15) is 5.75 Å². The molecule has 0 amide bonds. The Labute approximate surface area is 144 Å². The van der Waals surface area contributed by atoms with Crippen molar-refractivity contribution in [2.24, 2.45) is 0 Å². The summed E-state index contributed by atoms with van der Waals surface area (Å²) in [7, 11) is 0. The van der Waals surface area contributed by atoms with Gasteiger partial charge >= 0.3 is 0 Å². The van der Waals surface area contributed by atoms with Crippen molar-refractivity contribution in [1.82, 2.24) is 4.90 Å². The second kappa shape index (κ2) is 6.86. The molecule has 2 unspecified atom stereocenters. The SMILES string of the molecule is Oc1ccccc1N1C2CCC1CN(CCCc1ccccc1)C2. The van der Waals surface area contributed by atoms with E-state index >= 15 is 0 Å². The van der Waals surface area contributed by atoms with Crippen LogP contribution in [0.5, 0.6) is 5.75 Å². The third kappa shape index (κ3) is 3.13. The molecular formula is C21H26N2O. The molecule has 2 aromatic rings. The fourth-order valence-corrected chi connectivity index (χ4v) is 4.40. The minimum Gasteiger partial charge on any atom is -0.506 e. The summed E-state index contributed by atoms with van der Waals surface area (Å²) in [5.74, 6) is 0.423. The van der Waals surface area contributed by atoms with Crippen molar-refractivity contribution in [3.8, 4) is 5.75 Å². The molecule has 0 aliphatic carbocycles. The van der Waals surface area contributed by atoms with Gasteiger partial charge in [-0.1, -0.05) is 42.5 Å². The number of likely N-dealkylation sites (tertiary alicyclic amines) is 1. The van der Waals surface area contributed by atoms with Crippen LogP contribution >= 0.6 is 0 Å². The van der Waals surface area contributed by atoms with Gasteiger partial charge in [0.05, 0.1) is 5.69 Å². The van der Waals surface area contributed by atoms with Crippen LogP contribution in [0.3, 0.4) is 0 Å². The number of hydrogen-bond acceptors (Lipinski definition) is 3. The number of hydrogen-bond donors (Lipinski definition) is 1. The number of para-hydroxylation sites is 2. The van der Waals surface area contributed by atoms with Crippen molar-refractivity contribution in [3.05, 3.63) is 60.2 Å². The number of piperazine rings is 1. The molecule has 3 nitrogen and oxygen atoms in total. The number of phenols is 1. The Hall–Kier alpha value is -2.00. The summed E-state index contributed by atoms with van der Waals surface area (Å²) in [4.78, 5) is 5.10. The molecule has 126 valence electrons. The third-order valence-electron chi connectivity index (χ3n) is 5.50. The van der Waals surface area contributed by atoms with Crippen molar-refractivity contribution in [2.75, 3.05) is 24.5 Å². The zero-order valence-electron chi connectivity index (χ0n) is 14.1. The molecule has 2 atom stereocenters. The molecule has 2 aromatic carbocycles. The summed E-state index contributed by atoms with van der Waals surface area (Å²) in [5, 5.41) is 10.2.